The van der Waals surface area contributed by atoms with Crippen molar-refractivity contribution < 1.29 is 0 Å². The molecule has 3 heteroatoms. The maximum absolute atomic E-state index is 5.31. The summed E-state index contributed by atoms with van der Waals surface area (Å²) in [5, 5.41) is 7.00. The van der Waals surface area contributed by atoms with Crippen LogP contribution in [0.15, 0.2) is 212 Å². The lowest BCUT2D eigenvalue weighted by molar-refractivity contribution is 0.678. The Balaban J connectivity index is 1.10. The van der Waals surface area contributed by atoms with Crippen LogP contribution in [0.4, 0.5) is 0 Å². The van der Waals surface area contributed by atoms with Gasteiger partial charge in [0.05, 0.1) is 0 Å². The van der Waals surface area contributed by atoms with Crippen molar-refractivity contribution in [1.29, 1.82) is 0 Å². The Morgan fingerprint density at radius 1 is 0.328 bits per heavy atom. The number of allylic oxidation sites excluding steroid dienone is 8. The largest absolute Gasteiger partial charge is 0.208 e. The van der Waals surface area contributed by atoms with Crippen molar-refractivity contribution in [2.45, 2.75) is 0 Å². The van der Waals surface area contributed by atoms with Crippen LogP contribution < -0.4 is 0 Å². The normalized spacial score (nSPS) is 15.8. The Hall–Kier alpha value is -7.49. The lowest BCUT2D eigenvalue weighted by Crippen LogP contribution is -2.15. The molecule has 2 aliphatic carbocycles. The van der Waals surface area contributed by atoms with Gasteiger partial charge >= 0.3 is 0 Å². The molecular formula is C55H37N3. The summed E-state index contributed by atoms with van der Waals surface area (Å²) in [7, 11) is 0. The van der Waals surface area contributed by atoms with E-state index in [1.165, 1.54) is 49.5 Å². The standard InChI is InChI=1S/C55H37N3/c1-3-13-36(14-4-1)40-26-27-42-32-44(30-28-41(42)31-40)53-56-54(45-29-25-39-20-11-23-48(51(39)34-45)37-15-5-2-6-16-37)58-55(57-53)46-33-43-18-8-10-22-49(43)52(35-46)50-24-12-19-38-17-7-9-21-47(38)50/h1-35,38,47H. The fourth-order valence-corrected chi connectivity index (χ4v) is 8.71. The van der Waals surface area contributed by atoms with Gasteiger partial charge in [-0.25, -0.2) is 15.0 Å². The number of hydrogen-bond donors (Lipinski definition) is 0. The highest BCUT2D eigenvalue weighted by molar-refractivity contribution is 6.00. The van der Waals surface area contributed by atoms with Crippen molar-refractivity contribution in [3.05, 3.63) is 218 Å². The lowest BCUT2D eigenvalue weighted by atomic mass is 9.76. The number of nitrogens with zero attached hydrogens (tertiary/aromatic N) is 3. The van der Waals surface area contributed by atoms with Gasteiger partial charge in [0, 0.05) is 28.5 Å². The Bertz CT molecular complexity index is 3170. The first-order valence-electron chi connectivity index (χ1n) is 19.9. The zero-order valence-electron chi connectivity index (χ0n) is 31.7. The molecular weight excluding hydrogens is 703 g/mol. The van der Waals surface area contributed by atoms with E-state index in [1.807, 2.05) is 0 Å². The van der Waals surface area contributed by atoms with Crippen molar-refractivity contribution in [1.82, 2.24) is 15.0 Å². The molecule has 1 aromatic heterocycles. The van der Waals surface area contributed by atoms with Gasteiger partial charge in [0.15, 0.2) is 17.5 Å². The molecule has 2 unspecified atom stereocenters. The highest BCUT2D eigenvalue weighted by Crippen LogP contribution is 2.42. The van der Waals surface area contributed by atoms with Crippen LogP contribution in [-0.4, -0.2) is 15.0 Å². The number of aromatic nitrogens is 3. The molecule has 0 spiro atoms. The first-order valence-corrected chi connectivity index (χ1v) is 19.9. The molecule has 272 valence electrons. The first kappa shape index (κ1) is 33.8. The summed E-state index contributed by atoms with van der Waals surface area (Å²) >= 11 is 0. The fraction of sp³-hybridized carbons (Fsp3) is 0.0364. The minimum Gasteiger partial charge on any atom is -0.208 e. The van der Waals surface area contributed by atoms with Gasteiger partial charge in [-0.1, -0.05) is 182 Å². The van der Waals surface area contributed by atoms with Gasteiger partial charge < -0.3 is 0 Å². The Kier molecular flexibility index (Phi) is 8.29. The highest BCUT2D eigenvalue weighted by Gasteiger charge is 2.26. The van der Waals surface area contributed by atoms with Crippen LogP contribution >= 0.6 is 0 Å². The quantitative estimate of drug-likeness (QED) is 0.170. The number of rotatable bonds is 6. The molecule has 8 aromatic carbocycles. The fourth-order valence-electron chi connectivity index (χ4n) is 8.71. The Morgan fingerprint density at radius 3 is 1.71 bits per heavy atom. The lowest BCUT2D eigenvalue weighted by Gasteiger charge is -2.28. The summed E-state index contributed by atoms with van der Waals surface area (Å²) in [6.07, 6.45) is 15.7. The van der Waals surface area contributed by atoms with E-state index in [0.29, 0.717) is 23.4 Å². The molecule has 0 saturated carbocycles. The van der Waals surface area contributed by atoms with Gasteiger partial charge in [-0.05, 0) is 96.0 Å². The van der Waals surface area contributed by atoms with Gasteiger partial charge in [-0.3, -0.25) is 0 Å². The topological polar surface area (TPSA) is 38.7 Å². The molecule has 0 radical (unpaired) electrons. The molecule has 0 N–H and O–H groups in total. The summed E-state index contributed by atoms with van der Waals surface area (Å²) in [6, 6.07) is 60.5. The van der Waals surface area contributed by atoms with Gasteiger partial charge in [-0.2, -0.15) is 0 Å². The van der Waals surface area contributed by atoms with E-state index >= 15 is 0 Å². The van der Waals surface area contributed by atoms with Crippen molar-refractivity contribution in [2.24, 2.45) is 11.8 Å². The van der Waals surface area contributed by atoms with Crippen LogP contribution in [0.1, 0.15) is 5.56 Å². The number of fused-ring (bicyclic) bond motifs is 4. The molecule has 2 aliphatic rings. The third-order valence-corrected chi connectivity index (χ3v) is 11.6. The number of benzene rings is 8. The summed E-state index contributed by atoms with van der Waals surface area (Å²) in [5.74, 6) is 2.51. The van der Waals surface area contributed by atoms with Crippen LogP contribution in [0.5, 0.6) is 0 Å². The average Bonchev–Trinajstić information content (AvgIpc) is 3.30. The highest BCUT2D eigenvalue weighted by atomic mass is 15.0. The molecule has 1 heterocycles. The van der Waals surface area contributed by atoms with E-state index < -0.39 is 0 Å². The third kappa shape index (κ3) is 6.14. The maximum atomic E-state index is 5.31. The first-order chi connectivity index (χ1) is 28.7. The van der Waals surface area contributed by atoms with Gasteiger partial charge in [0.25, 0.3) is 0 Å². The third-order valence-electron chi connectivity index (χ3n) is 11.6. The molecule has 3 nitrogen and oxygen atoms in total. The molecule has 2 atom stereocenters. The van der Waals surface area contributed by atoms with E-state index in [2.05, 4.69) is 212 Å². The molecule has 0 bridgehead atoms. The zero-order valence-corrected chi connectivity index (χ0v) is 31.7. The monoisotopic (exact) mass is 739 g/mol. The van der Waals surface area contributed by atoms with Crippen LogP contribution in [-0.2, 0) is 0 Å². The van der Waals surface area contributed by atoms with Crippen molar-refractivity contribution >= 4 is 37.9 Å². The number of hydrogen-bond acceptors (Lipinski definition) is 3. The molecule has 0 aliphatic heterocycles. The molecule has 9 aromatic rings. The Labute approximate surface area is 337 Å². The molecule has 0 saturated heterocycles. The smallest absolute Gasteiger partial charge is 0.164 e. The van der Waals surface area contributed by atoms with Crippen molar-refractivity contribution in [2.75, 3.05) is 0 Å². The minimum atomic E-state index is 0.259. The van der Waals surface area contributed by atoms with Crippen LogP contribution in [0.2, 0.25) is 0 Å². The molecule has 0 fully saturated rings. The predicted octanol–water partition coefficient (Wildman–Crippen LogP) is 14.0. The predicted molar refractivity (Wildman–Crippen MR) is 242 cm³/mol. The summed E-state index contributed by atoms with van der Waals surface area (Å²) < 4.78 is 0. The van der Waals surface area contributed by atoms with E-state index in [1.54, 1.807) is 0 Å². The van der Waals surface area contributed by atoms with E-state index in [9.17, 15) is 0 Å². The zero-order chi connectivity index (χ0) is 38.4. The molecule has 11 rings (SSSR count). The molecule has 0 amide bonds. The van der Waals surface area contributed by atoms with E-state index in [0.717, 1.165) is 32.8 Å². The minimum absolute atomic E-state index is 0.259. The maximum Gasteiger partial charge on any atom is 0.164 e. The van der Waals surface area contributed by atoms with Crippen molar-refractivity contribution in [3.63, 3.8) is 0 Å². The second kappa shape index (κ2) is 14.2. The van der Waals surface area contributed by atoms with Gasteiger partial charge in [-0.15, -0.1) is 0 Å². The van der Waals surface area contributed by atoms with Gasteiger partial charge in [0.1, 0.15) is 0 Å². The Morgan fingerprint density at radius 2 is 0.914 bits per heavy atom. The second-order valence-corrected chi connectivity index (χ2v) is 15.2. The van der Waals surface area contributed by atoms with Crippen LogP contribution in [0.25, 0.3) is 94.3 Å². The SMILES string of the molecule is C1=CC2C=CC=C(c3cc(-c4nc(-c5ccc6cc(-c7ccccc7)ccc6c5)nc(-c5ccc6cccc(-c7ccccc7)c6c5)n4)cc4ccccc34)C2C=C1. The van der Waals surface area contributed by atoms with Gasteiger partial charge in [0.2, 0.25) is 0 Å². The van der Waals surface area contributed by atoms with E-state index in [-0.39, 0.29) is 5.92 Å². The second-order valence-electron chi connectivity index (χ2n) is 15.2. The summed E-state index contributed by atoms with van der Waals surface area (Å²) in [4.78, 5) is 15.9. The van der Waals surface area contributed by atoms with Crippen molar-refractivity contribution in [3.8, 4) is 56.4 Å². The van der Waals surface area contributed by atoms with E-state index in [4.69, 9.17) is 15.0 Å². The van der Waals surface area contributed by atoms with Crippen LogP contribution in [0, 0.1) is 11.8 Å². The average molecular weight is 740 g/mol. The summed E-state index contributed by atoms with van der Waals surface area (Å²) in [6.45, 7) is 0. The molecule has 58 heavy (non-hydrogen) atoms. The summed E-state index contributed by atoms with van der Waals surface area (Å²) in [5.41, 5.74) is 10.1. The van der Waals surface area contributed by atoms with Crippen LogP contribution in [0.3, 0.4) is 0 Å².